The van der Waals surface area contributed by atoms with Gasteiger partial charge in [0.1, 0.15) is 0 Å². The van der Waals surface area contributed by atoms with E-state index in [0.29, 0.717) is 19.8 Å². The van der Waals surface area contributed by atoms with Gasteiger partial charge in [-0.3, -0.25) is 4.79 Å². The van der Waals surface area contributed by atoms with Crippen molar-refractivity contribution >= 4 is 5.91 Å². The first-order valence-corrected chi connectivity index (χ1v) is 5.30. The number of hydrogen-bond donors (Lipinski definition) is 1. The predicted octanol–water partition coefficient (Wildman–Crippen LogP) is 0.361. The molecule has 1 rings (SSSR count). The zero-order valence-corrected chi connectivity index (χ0v) is 9.03. The first-order chi connectivity index (χ1) is 6.66. The molecule has 1 unspecified atom stereocenters. The second-order valence-corrected chi connectivity index (χ2v) is 3.85. The zero-order valence-electron chi connectivity index (χ0n) is 9.03. The highest BCUT2D eigenvalue weighted by molar-refractivity contribution is 5.82. The van der Waals surface area contributed by atoms with Gasteiger partial charge in [-0.25, -0.2) is 0 Å². The quantitative estimate of drug-likeness (QED) is 0.715. The van der Waals surface area contributed by atoms with Crippen molar-refractivity contribution in [1.29, 1.82) is 0 Å². The number of nitrogens with zero attached hydrogens (tertiary/aromatic N) is 1. The van der Waals surface area contributed by atoms with Crippen molar-refractivity contribution in [3.05, 3.63) is 0 Å². The highest BCUT2D eigenvalue weighted by Gasteiger charge is 2.26. The highest BCUT2D eigenvalue weighted by Crippen LogP contribution is 2.09. The van der Waals surface area contributed by atoms with Crippen molar-refractivity contribution in [3.8, 4) is 0 Å². The Morgan fingerprint density at radius 1 is 1.71 bits per heavy atom. The van der Waals surface area contributed by atoms with Crippen LogP contribution in [-0.2, 0) is 9.53 Å². The molecule has 2 atom stereocenters. The predicted molar refractivity (Wildman–Crippen MR) is 54.9 cm³/mol. The number of carbonyl (C=O) groups excluding carboxylic acids is 1. The molecule has 0 aromatic carbocycles. The third-order valence-electron chi connectivity index (χ3n) is 2.57. The van der Waals surface area contributed by atoms with Gasteiger partial charge in [-0.05, 0) is 13.3 Å². The maximum atomic E-state index is 11.8. The molecule has 1 saturated heterocycles. The number of ether oxygens (including phenoxy) is 1. The number of morpholine rings is 1. The van der Waals surface area contributed by atoms with Crippen LogP contribution in [0, 0.1) is 0 Å². The molecule has 0 aromatic heterocycles. The van der Waals surface area contributed by atoms with Gasteiger partial charge in [0.15, 0.2) is 0 Å². The Morgan fingerprint density at radius 3 is 3.00 bits per heavy atom. The smallest absolute Gasteiger partial charge is 0.239 e. The number of nitrogens with two attached hydrogens (primary N) is 1. The van der Waals surface area contributed by atoms with E-state index in [1.807, 2.05) is 18.7 Å². The zero-order chi connectivity index (χ0) is 10.6. The summed E-state index contributed by atoms with van der Waals surface area (Å²) in [4.78, 5) is 13.7. The van der Waals surface area contributed by atoms with Crippen LogP contribution in [0.25, 0.3) is 0 Å². The second kappa shape index (κ2) is 5.32. The number of carbonyl (C=O) groups is 1. The summed E-state index contributed by atoms with van der Waals surface area (Å²) in [5, 5.41) is 0. The average Bonchev–Trinajstić information content (AvgIpc) is 2.18. The number of amides is 1. The maximum absolute atomic E-state index is 11.8. The molecule has 1 aliphatic rings. The van der Waals surface area contributed by atoms with Crippen LogP contribution in [0.1, 0.15) is 26.7 Å². The molecular weight excluding hydrogens is 180 g/mol. The fourth-order valence-corrected chi connectivity index (χ4v) is 1.70. The first kappa shape index (κ1) is 11.5. The van der Waals surface area contributed by atoms with E-state index in [1.54, 1.807) is 0 Å². The summed E-state index contributed by atoms with van der Waals surface area (Å²) in [5.74, 6) is 0.0719. The van der Waals surface area contributed by atoms with Crippen LogP contribution in [0.4, 0.5) is 0 Å². The van der Waals surface area contributed by atoms with E-state index in [-0.39, 0.29) is 18.0 Å². The Labute approximate surface area is 85.4 Å². The second-order valence-electron chi connectivity index (χ2n) is 3.85. The molecule has 0 aliphatic carbocycles. The van der Waals surface area contributed by atoms with Gasteiger partial charge in [0.05, 0.1) is 25.3 Å². The Morgan fingerprint density at radius 2 is 2.43 bits per heavy atom. The van der Waals surface area contributed by atoms with Crippen molar-refractivity contribution in [1.82, 2.24) is 4.90 Å². The lowest BCUT2D eigenvalue weighted by molar-refractivity contribution is -0.140. The van der Waals surface area contributed by atoms with Crippen LogP contribution in [0.3, 0.4) is 0 Å². The summed E-state index contributed by atoms with van der Waals surface area (Å²) in [6.07, 6.45) is 1.72. The summed E-state index contributed by atoms with van der Waals surface area (Å²) in [7, 11) is 0. The third-order valence-corrected chi connectivity index (χ3v) is 2.57. The summed E-state index contributed by atoms with van der Waals surface area (Å²) in [5.41, 5.74) is 5.79. The normalized spacial score (nSPS) is 24.8. The largest absolute Gasteiger partial charge is 0.377 e. The molecular formula is C10H20N2O2. The van der Waals surface area contributed by atoms with E-state index in [0.717, 1.165) is 12.8 Å². The minimum Gasteiger partial charge on any atom is -0.377 e. The SMILES string of the molecule is CCC[C@@H](N)C(=O)N1CCOCC1C. The van der Waals surface area contributed by atoms with Gasteiger partial charge >= 0.3 is 0 Å². The standard InChI is InChI=1S/C10H20N2O2/c1-3-4-9(11)10(13)12-5-6-14-7-8(12)2/h8-9H,3-7,11H2,1-2H3/t8?,9-/m1/s1. The van der Waals surface area contributed by atoms with Crippen molar-refractivity contribution in [2.45, 2.75) is 38.8 Å². The molecule has 0 saturated carbocycles. The molecule has 0 bridgehead atoms. The van der Waals surface area contributed by atoms with E-state index >= 15 is 0 Å². The van der Waals surface area contributed by atoms with Crippen molar-refractivity contribution in [3.63, 3.8) is 0 Å². The lowest BCUT2D eigenvalue weighted by Gasteiger charge is -2.34. The molecule has 0 spiro atoms. The Hall–Kier alpha value is -0.610. The Kier molecular flexibility index (Phi) is 4.35. The topological polar surface area (TPSA) is 55.6 Å². The molecule has 4 heteroatoms. The van der Waals surface area contributed by atoms with Gasteiger partial charge < -0.3 is 15.4 Å². The molecule has 4 nitrogen and oxygen atoms in total. The van der Waals surface area contributed by atoms with Gasteiger partial charge in [0, 0.05) is 6.54 Å². The summed E-state index contributed by atoms with van der Waals surface area (Å²) < 4.78 is 5.27. The molecule has 1 aliphatic heterocycles. The van der Waals surface area contributed by atoms with Crippen LogP contribution < -0.4 is 5.73 Å². The molecule has 1 heterocycles. The van der Waals surface area contributed by atoms with Crippen LogP contribution in [-0.4, -0.2) is 42.6 Å². The van der Waals surface area contributed by atoms with E-state index in [9.17, 15) is 4.79 Å². The van der Waals surface area contributed by atoms with Crippen LogP contribution >= 0.6 is 0 Å². The molecule has 0 aromatic rings. The van der Waals surface area contributed by atoms with E-state index in [1.165, 1.54) is 0 Å². The fraction of sp³-hybridized carbons (Fsp3) is 0.900. The molecule has 82 valence electrons. The summed E-state index contributed by atoms with van der Waals surface area (Å²) in [6.45, 7) is 5.97. The highest BCUT2D eigenvalue weighted by atomic mass is 16.5. The summed E-state index contributed by atoms with van der Waals surface area (Å²) in [6, 6.07) is -0.167. The van der Waals surface area contributed by atoms with Crippen LogP contribution in [0.5, 0.6) is 0 Å². The number of rotatable bonds is 3. The van der Waals surface area contributed by atoms with E-state index in [4.69, 9.17) is 10.5 Å². The van der Waals surface area contributed by atoms with Crippen molar-refractivity contribution < 1.29 is 9.53 Å². The van der Waals surface area contributed by atoms with Gasteiger partial charge in [0.25, 0.3) is 0 Å². The molecule has 1 fully saturated rings. The Bertz CT molecular complexity index is 197. The van der Waals surface area contributed by atoms with Gasteiger partial charge in [-0.2, -0.15) is 0 Å². The van der Waals surface area contributed by atoms with Gasteiger partial charge in [-0.1, -0.05) is 13.3 Å². The fourth-order valence-electron chi connectivity index (χ4n) is 1.70. The third kappa shape index (κ3) is 2.69. The Balaban J connectivity index is 2.49. The lowest BCUT2D eigenvalue weighted by atomic mass is 10.1. The van der Waals surface area contributed by atoms with E-state index in [2.05, 4.69) is 0 Å². The van der Waals surface area contributed by atoms with Crippen molar-refractivity contribution in [2.24, 2.45) is 5.73 Å². The maximum Gasteiger partial charge on any atom is 0.239 e. The van der Waals surface area contributed by atoms with Crippen LogP contribution in [0.2, 0.25) is 0 Å². The number of hydrogen-bond acceptors (Lipinski definition) is 3. The average molecular weight is 200 g/mol. The monoisotopic (exact) mass is 200 g/mol. The van der Waals surface area contributed by atoms with Gasteiger partial charge in [-0.15, -0.1) is 0 Å². The molecule has 1 amide bonds. The molecule has 14 heavy (non-hydrogen) atoms. The minimum absolute atomic E-state index is 0.0719. The molecule has 2 N–H and O–H groups in total. The minimum atomic E-state index is -0.333. The van der Waals surface area contributed by atoms with Crippen LogP contribution in [0.15, 0.2) is 0 Å². The van der Waals surface area contributed by atoms with Gasteiger partial charge in [0.2, 0.25) is 5.91 Å². The first-order valence-electron chi connectivity index (χ1n) is 5.30. The van der Waals surface area contributed by atoms with Crippen molar-refractivity contribution in [2.75, 3.05) is 19.8 Å². The lowest BCUT2D eigenvalue weighted by Crippen LogP contribution is -2.52. The molecule has 0 radical (unpaired) electrons. The summed E-state index contributed by atoms with van der Waals surface area (Å²) >= 11 is 0. The van der Waals surface area contributed by atoms with E-state index < -0.39 is 0 Å².